The number of aryl methyl sites for hydroxylation is 2. The summed E-state index contributed by atoms with van der Waals surface area (Å²) in [6, 6.07) is 0. The summed E-state index contributed by atoms with van der Waals surface area (Å²) in [6.45, 7) is 15.0. The van der Waals surface area contributed by atoms with Gasteiger partial charge in [-0.15, -0.1) is 11.3 Å². The first kappa shape index (κ1) is 16.5. The predicted octanol–water partition coefficient (Wildman–Crippen LogP) is 5.08. The number of hydrogen-bond donors (Lipinski definition) is 0. The van der Waals surface area contributed by atoms with Crippen LogP contribution in [0.1, 0.15) is 38.1 Å². The van der Waals surface area contributed by atoms with E-state index in [1.165, 1.54) is 10.4 Å². The lowest BCUT2D eigenvalue weighted by molar-refractivity contribution is 0.545. The number of fused-ring (bicyclic) bond motifs is 1. The number of hydrogen-bond acceptors (Lipinski definition) is 4. The van der Waals surface area contributed by atoms with E-state index in [1.807, 2.05) is 0 Å². The Kier molecular flexibility index (Phi) is 5.10. The van der Waals surface area contributed by atoms with Crippen LogP contribution in [0.15, 0.2) is 0 Å². The van der Waals surface area contributed by atoms with E-state index >= 15 is 0 Å². The second-order valence-corrected chi connectivity index (χ2v) is 8.03. The summed E-state index contributed by atoms with van der Waals surface area (Å²) in [6.07, 6.45) is 0. The molecule has 0 bridgehead atoms. The Hall–Kier alpha value is -0.870. The zero-order valence-corrected chi connectivity index (χ0v) is 15.3. The van der Waals surface area contributed by atoms with Gasteiger partial charge >= 0.3 is 0 Å². The second kappa shape index (κ2) is 6.49. The molecule has 0 amide bonds. The molecule has 0 fully saturated rings. The SMILES string of the molecule is Cc1sc2nc(N(CC(C)C)CC(C)C)nc(Cl)c2c1C. The fourth-order valence-corrected chi connectivity index (χ4v) is 3.84. The van der Waals surface area contributed by atoms with E-state index in [-0.39, 0.29) is 0 Å². The lowest BCUT2D eigenvalue weighted by atomic mass is 10.1. The van der Waals surface area contributed by atoms with Gasteiger partial charge in [-0.25, -0.2) is 9.97 Å². The third kappa shape index (κ3) is 3.67. The largest absolute Gasteiger partial charge is 0.340 e. The van der Waals surface area contributed by atoms with Crippen molar-refractivity contribution in [2.45, 2.75) is 41.5 Å². The van der Waals surface area contributed by atoms with Gasteiger partial charge in [-0.05, 0) is 31.2 Å². The van der Waals surface area contributed by atoms with Crippen LogP contribution in [0, 0.1) is 25.7 Å². The molecule has 2 rings (SSSR count). The molecule has 0 aliphatic carbocycles. The van der Waals surface area contributed by atoms with Crippen molar-refractivity contribution in [3.05, 3.63) is 15.6 Å². The predicted molar refractivity (Wildman–Crippen MR) is 93.8 cm³/mol. The monoisotopic (exact) mass is 325 g/mol. The fourth-order valence-electron chi connectivity index (χ4n) is 2.45. The molecule has 0 aliphatic rings. The maximum atomic E-state index is 6.43. The van der Waals surface area contributed by atoms with E-state index < -0.39 is 0 Å². The third-order valence-corrected chi connectivity index (χ3v) is 4.80. The average molecular weight is 326 g/mol. The van der Waals surface area contributed by atoms with Crippen molar-refractivity contribution in [3.63, 3.8) is 0 Å². The highest BCUT2D eigenvalue weighted by Crippen LogP contribution is 2.34. The van der Waals surface area contributed by atoms with Crippen LogP contribution in [0.3, 0.4) is 0 Å². The van der Waals surface area contributed by atoms with Crippen LogP contribution in [-0.4, -0.2) is 23.1 Å². The van der Waals surface area contributed by atoms with E-state index in [1.54, 1.807) is 11.3 Å². The molecule has 5 heteroatoms. The van der Waals surface area contributed by atoms with Crippen molar-refractivity contribution < 1.29 is 0 Å². The molecule has 0 spiro atoms. The van der Waals surface area contributed by atoms with Crippen molar-refractivity contribution in [2.75, 3.05) is 18.0 Å². The van der Waals surface area contributed by atoms with Crippen LogP contribution in [0.2, 0.25) is 5.15 Å². The lowest BCUT2D eigenvalue weighted by Gasteiger charge is -2.26. The van der Waals surface area contributed by atoms with Crippen molar-refractivity contribution in [1.82, 2.24) is 9.97 Å². The van der Waals surface area contributed by atoms with Crippen molar-refractivity contribution in [3.8, 4) is 0 Å². The van der Waals surface area contributed by atoms with Gasteiger partial charge in [0.15, 0.2) is 0 Å². The minimum atomic E-state index is 0.564. The van der Waals surface area contributed by atoms with Crippen LogP contribution < -0.4 is 4.90 Å². The van der Waals surface area contributed by atoms with Gasteiger partial charge in [0.1, 0.15) is 9.98 Å². The lowest BCUT2D eigenvalue weighted by Crippen LogP contribution is -2.32. The van der Waals surface area contributed by atoms with Crippen molar-refractivity contribution in [2.24, 2.45) is 11.8 Å². The molecular formula is C16H24ClN3S. The number of rotatable bonds is 5. The van der Waals surface area contributed by atoms with Crippen LogP contribution in [0.25, 0.3) is 10.2 Å². The number of halogens is 1. The van der Waals surface area contributed by atoms with Gasteiger partial charge in [0.05, 0.1) is 5.39 Å². The topological polar surface area (TPSA) is 29.0 Å². The maximum Gasteiger partial charge on any atom is 0.228 e. The summed E-state index contributed by atoms with van der Waals surface area (Å²) in [5.74, 6) is 1.89. The van der Waals surface area contributed by atoms with Crippen LogP contribution >= 0.6 is 22.9 Å². The Bertz CT molecular complexity index is 624. The molecule has 0 aliphatic heterocycles. The van der Waals surface area contributed by atoms with E-state index in [2.05, 4.69) is 51.4 Å². The van der Waals surface area contributed by atoms with Gasteiger partial charge in [-0.1, -0.05) is 39.3 Å². The molecule has 2 aromatic heterocycles. The molecule has 0 N–H and O–H groups in total. The zero-order chi connectivity index (χ0) is 15.7. The smallest absolute Gasteiger partial charge is 0.228 e. The molecule has 0 radical (unpaired) electrons. The fraction of sp³-hybridized carbons (Fsp3) is 0.625. The average Bonchev–Trinajstić information content (AvgIpc) is 2.63. The van der Waals surface area contributed by atoms with Crippen LogP contribution in [-0.2, 0) is 0 Å². The number of anilines is 1. The zero-order valence-electron chi connectivity index (χ0n) is 13.7. The number of aromatic nitrogens is 2. The van der Waals surface area contributed by atoms with E-state index in [9.17, 15) is 0 Å². The summed E-state index contributed by atoms with van der Waals surface area (Å²) < 4.78 is 0. The minimum Gasteiger partial charge on any atom is -0.340 e. The van der Waals surface area contributed by atoms with Gasteiger partial charge in [0, 0.05) is 18.0 Å². The Morgan fingerprint density at radius 1 is 1.05 bits per heavy atom. The Morgan fingerprint density at radius 3 is 2.14 bits per heavy atom. The first-order valence-electron chi connectivity index (χ1n) is 7.47. The Morgan fingerprint density at radius 2 is 1.62 bits per heavy atom. The molecule has 0 atom stereocenters. The van der Waals surface area contributed by atoms with Gasteiger partial charge < -0.3 is 4.90 Å². The molecule has 0 saturated carbocycles. The summed E-state index contributed by atoms with van der Waals surface area (Å²) in [5, 5.41) is 1.59. The van der Waals surface area contributed by atoms with Gasteiger partial charge in [0.25, 0.3) is 0 Å². The first-order valence-corrected chi connectivity index (χ1v) is 8.67. The van der Waals surface area contributed by atoms with Gasteiger partial charge in [-0.2, -0.15) is 0 Å². The van der Waals surface area contributed by atoms with Gasteiger partial charge in [0.2, 0.25) is 5.95 Å². The molecule has 0 saturated heterocycles. The highest BCUT2D eigenvalue weighted by atomic mass is 35.5. The summed E-state index contributed by atoms with van der Waals surface area (Å²) in [7, 11) is 0. The van der Waals surface area contributed by atoms with E-state index in [0.717, 1.165) is 29.3 Å². The molecule has 0 unspecified atom stereocenters. The van der Waals surface area contributed by atoms with E-state index in [0.29, 0.717) is 17.0 Å². The molecule has 21 heavy (non-hydrogen) atoms. The third-order valence-electron chi connectivity index (χ3n) is 3.43. The summed E-state index contributed by atoms with van der Waals surface area (Å²) in [5.41, 5.74) is 1.20. The quantitative estimate of drug-likeness (QED) is 0.718. The standard InChI is InChI=1S/C16H24ClN3S/c1-9(2)7-20(8-10(3)4)16-18-14(17)13-11(5)12(6)21-15(13)19-16/h9-10H,7-8H2,1-6H3. The van der Waals surface area contributed by atoms with Crippen molar-refractivity contribution >= 4 is 39.1 Å². The molecule has 116 valence electrons. The minimum absolute atomic E-state index is 0.564. The number of thiophene rings is 1. The molecule has 2 heterocycles. The molecule has 0 aromatic carbocycles. The van der Waals surface area contributed by atoms with E-state index in [4.69, 9.17) is 16.6 Å². The first-order chi connectivity index (χ1) is 9.79. The summed E-state index contributed by atoms with van der Waals surface area (Å²) in [4.78, 5) is 13.9. The Balaban J connectivity index is 2.47. The van der Waals surface area contributed by atoms with Crippen LogP contribution in [0.5, 0.6) is 0 Å². The molecular weight excluding hydrogens is 302 g/mol. The summed E-state index contributed by atoms with van der Waals surface area (Å²) >= 11 is 8.13. The van der Waals surface area contributed by atoms with Gasteiger partial charge in [-0.3, -0.25) is 0 Å². The molecule has 2 aromatic rings. The Labute approximate surface area is 136 Å². The number of nitrogens with zero attached hydrogens (tertiary/aromatic N) is 3. The highest BCUT2D eigenvalue weighted by Gasteiger charge is 2.18. The maximum absolute atomic E-state index is 6.43. The highest BCUT2D eigenvalue weighted by molar-refractivity contribution is 7.18. The van der Waals surface area contributed by atoms with Crippen LogP contribution in [0.4, 0.5) is 5.95 Å². The normalized spacial score (nSPS) is 11.9. The van der Waals surface area contributed by atoms with Crippen molar-refractivity contribution in [1.29, 1.82) is 0 Å². The second-order valence-electron chi connectivity index (χ2n) is 6.47. The molecule has 3 nitrogen and oxygen atoms in total.